The highest BCUT2D eigenvalue weighted by atomic mass is 16.2. The van der Waals surface area contributed by atoms with Gasteiger partial charge in [0.15, 0.2) is 0 Å². The van der Waals surface area contributed by atoms with Crippen molar-refractivity contribution in [3.63, 3.8) is 0 Å². The van der Waals surface area contributed by atoms with Crippen LogP contribution in [0.25, 0.3) is 11.0 Å². The summed E-state index contributed by atoms with van der Waals surface area (Å²) in [6.07, 6.45) is 4.52. The molecule has 4 nitrogen and oxygen atoms in total. The van der Waals surface area contributed by atoms with E-state index >= 15 is 0 Å². The van der Waals surface area contributed by atoms with Gasteiger partial charge in [0.2, 0.25) is 5.91 Å². The van der Waals surface area contributed by atoms with E-state index in [9.17, 15) is 4.79 Å². The first-order valence-corrected chi connectivity index (χ1v) is 6.45. The van der Waals surface area contributed by atoms with Crippen molar-refractivity contribution in [2.75, 3.05) is 13.1 Å². The molecule has 3 rings (SSSR count). The van der Waals surface area contributed by atoms with Crippen LogP contribution < -0.4 is 5.46 Å². The summed E-state index contributed by atoms with van der Waals surface area (Å²) in [4.78, 5) is 21.5. The Morgan fingerprint density at radius 1 is 1.44 bits per heavy atom. The van der Waals surface area contributed by atoms with Gasteiger partial charge in [-0.15, -0.1) is 0 Å². The van der Waals surface area contributed by atoms with E-state index in [0.29, 0.717) is 6.42 Å². The third kappa shape index (κ3) is 2.01. The molecule has 1 aliphatic rings. The quantitative estimate of drug-likeness (QED) is 0.751. The highest BCUT2D eigenvalue weighted by molar-refractivity contribution is 6.38. The molecule has 1 saturated heterocycles. The largest absolute Gasteiger partial charge is 0.343 e. The number of fused-ring (bicyclic) bond motifs is 1. The Labute approximate surface area is 107 Å². The van der Waals surface area contributed by atoms with Crippen LogP contribution in [0.15, 0.2) is 18.3 Å². The van der Waals surface area contributed by atoms with Gasteiger partial charge in [-0.25, -0.2) is 4.98 Å². The molecule has 3 heterocycles. The molecule has 0 saturated carbocycles. The van der Waals surface area contributed by atoms with Crippen LogP contribution in [0.5, 0.6) is 0 Å². The molecule has 5 heteroatoms. The number of nitrogens with zero attached hydrogens (tertiary/aromatic N) is 2. The number of likely N-dealkylation sites (tertiary alicyclic amines) is 1. The van der Waals surface area contributed by atoms with Gasteiger partial charge in [0, 0.05) is 30.4 Å². The van der Waals surface area contributed by atoms with Crippen LogP contribution in [0, 0.1) is 0 Å². The minimum atomic E-state index is 0.219. The standard InChI is InChI=1S/C13H16BN3O/c14-11-3-4-15-13-10(11)7-9(16-13)8-12(18)17-5-1-2-6-17/h3-4,7H,1-2,5-6,8,14H2,(H,15,16). The molecule has 0 unspecified atom stereocenters. The summed E-state index contributed by atoms with van der Waals surface area (Å²) < 4.78 is 0. The molecule has 0 spiro atoms. The van der Waals surface area contributed by atoms with E-state index in [2.05, 4.69) is 17.8 Å². The first-order valence-electron chi connectivity index (χ1n) is 6.45. The topological polar surface area (TPSA) is 49.0 Å². The monoisotopic (exact) mass is 241 g/mol. The van der Waals surface area contributed by atoms with Crippen molar-refractivity contribution in [3.05, 3.63) is 24.0 Å². The van der Waals surface area contributed by atoms with Crippen LogP contribution in [0.2, 0.25) is 0 Å². The number of hydrogen-bond acceptors (Lipinski definition) is 2. The van der Waals surface area contributed by atoms with Crippen molar-refractivity contribution < 1.29 is 4.79 Å². The second-order valence-electron chi connectivity index (χ2n) is 4.95. The maximum Gasteiger partial charge on any atom is 0.228 e. The minimum absolute atomic E-state index is 0.219. The molecule has 1 amide bonds. The lowest BCUT2D eigenvalue weighted by molar-refractivity contribution is -0.129. The predicted molar refractivity (Wildman–Crippen MR) is 73.8 cm³/mol. The van der Waals surface area contributed by atoms with E-state index < -0.39 is 0 Å². The normalized spacial score (nSPS) is 15.4. The number of carbonyl (C=O) groups is 1. The maximum absolute atomic E-state index is 12.1. The van der Waals surface area contributed by atoms with Crippen molar-refractivity contribution in [2.24, 2.45) is 0 Å². The fourth-order valence-corrected chi connectivity index (χ4v) is 2.55. The van der Waals surface area contributed by atoms with E-state index in [1.807, 2.05) is 17.0 Å². The molecule has 1 aliphatic heterocycles. The summed E-state index contributed by atoms with van der Waals surface area (Å²) in [5.41, 5.74) is 3.03. The highest BCUT2D eigenvalue weighted by Crippen LogP contribution is 2.14. The number of pyridine rings is 1. The molecular weight excluding hydrogens is 225 g/mol. The molecule has 0 radical (unpaired) electrons. The molecule has 2 aromatic heterocycles. The van der Waals surface area contributed by atoms with Gasteiger partial charge < -0.3 is 9.88 Å². The van der Waals surface area contributed by atoms with E-state index in [1.165, 1.54) is 5.46 Å². The van der Waals surface area contributed by atoms with E-state index in [-0.39, 0.29) is 5.91 Å². The Bertz CT molecular complexity index is 587. The summed E-state index contributed by atoms with van der Waals surface area (Å²) in [5, 5.41) is 1.11. The Kier molecular flexibility index (Phi) is 2.82. The summed E-state index contributed by atoms with van der Waals surface area (Å²) in [7, 11) is 2.06. The predicted octanol–water partition coefficient (Wildman–Crippen LogP) is -0.0138. The second-order valence-corrected chi connectivity index (χ2v) is 4.95. The molecule has 1 N–H and O–H groups in total. The van der Waals surface area contributed by atoms with Gasteiger partial charge in [-0.1, -0.05) is 5.46 Å². The molecule has 0 aliphatic carbocycles. The fourth-order valence-electron chi connectivity index (χ4n) is 2.55. The molecule has 0 aromatic carbocycles. The third-order valence-corrected chi connectivity index (χ3v) is 3.61. The summed E-state index contributed by atoms with van der Waals surface area (Å²) in [5.74, 6) is 0.219. The zero-order chi connectivity index (χ0) is 12.5. The second kappa shape index (κ2) is 4.48. The number of H-pyrrole nitrogens is 1. The van der Waals surface area contributed by atoms with Crippen LogP contribution in [0.1, 0.15) is 18.5 Å². The number of carbonyl (C=O) groups excluding carboxylic acids is 1. The molecule has 92 valence electrons. The average molecular weight is 241 g/mol. The number of amides is 1. The average Bonchev–Trinajstić information content (AvgIpc) is 2.97. The van der Waals surface area contributed by atoms with E-state index in [1.54, 1.807) is 6.20 Å². The van der Waals surface area contributed by atoms with E-state index in [0.717, 1.165) is 42.7 Å². The van der Waals surface area contributed by atoms with Gasteiger partial charge in [0.05, 0.1) is 6.42 Å². The minimum Gasteiger partial charge on any atom is -0.343 e. The molecule has 0 bridgehead atoms. The van der Waals surface area contributed by atoms with E-state index in [4.69, 9.17) is 0 Å². The van der Waals surface area contributed by atoms with Gasteiger partial charge >= 0.3 is 0 Å². The number of aromatic nitrogens is 2. The lowest BCUT2D eigenvalue weighted by atomic mass is 9.94. The van der Waals surface area contributed by atoms with Crippen LogP contribution in [-0.4, -0.2) is 41.7 Å². The summed E-state index contributed by atoms with van der Waals surface area (Å²) in [6, 6.07) is 4.04. The Morgan fingerprint density at radius 2 is 2.22 bits per heavy atom. The lowest BCUT2D eigenvalue weighted by Crippen LogP contribution is -2.29. The van der Waals surface area contributed by atoms with Crippen molar-refractivity contribution >= 4 is 30.2 Å². The zero-order valence-electron chi connectivity index (χ0n) is 10.6. The van der Waals surface area contributed by atoms with Gasteiger partial charge in [0.1, 0.15) is 13.5 Å². The third-order valence-electron chi connectivity index (χ3n) is 3.61. The molecular formula is C13H16BN3O. The molecule has 0 atom stereocenters. The highest BCUT2D eigenvalue weighted by Gasteiger charge is 2.18. The van der Waals surface area contributed by atoms with Crippen molar-refractivity contribution in [1.29, 1.82) is 0 Å². The summed E-state index contributed by atoms with van der Waals surface area (Å²) in [6.45, 7) is 1.83. The van der Waals surface area contributed by atoms with Gasteiger partial charge in [-0.3, -0.25) is 4.79 Å². The number of hydrogen-bond donors (Lipinski definition) is 1. The number of nitrogens with one attached hydrogen (secondary N) is 1. The number of aromatic amines is 1. The van der Waals surface area contributed by atoms with Crippen molar-refractivity contribution in [3.8, 4) is 0 Å². The Balaban J connectivity index is 1.82. The molecule has 2 aromatic rings. The molecule has 18 heavy (non-hydrogen) atoms. The van der Waals surface area contributed by atoms with Crippen LogP contribution in [0.3, 0.4) is 0 Å². The first-order chi connectivity index (χ1) is 8.74. The van der Waals surface area contributed by atoms with Gasteiger partial charge in [-0.2, -0.15) is 0 Å². The van der Waals surface area contributed by atoms with Crippen molar-refractivity contribution in [1.82, 2.24) is 14.9 Å². The van der Waals surface area contributed by atoms with Gasteiger partial charge in [0.25, 0.3) is 0 Å². The van der Waals surface area contributed by atoms with Crippen LogP contribution >= 0.6 is 0 Å². The SMILES string of the molecule is Bc1ccnc2[nH]c(CC(=O)N3CCCC3)cc12. The number of rotatable bonds is 2. The van der Waals surface area contributed by atoms with Crippen LogP contribution in [0.4, 0.5) is 0 Å². The maximum atomic E-state index is 12.1. The Hall–Kier alpha value is -1.78. The fraction of sp³-hybridized carbons (Fsp3) is 0.385. The summed E-state index contributed by atoms with van der Waals surface area (Å²) >= 11 is 0. The Morgan fingerprint density at radius 3 is 2.94 bits per heavy atom. The van der Waals surface area contributed by atoms with Crippen molar-refractivity contribution in [2.45, 2.75) is 19.3 Å². The van der Waals surface area contributed by atoms with Gasteiger partial charge in [-0.05, 0) is 25.0 Å². The smallest absolute Gasteiger partial charge is 0.228 e. The van der Waals surface area contributed by atoms with Crippen LogP contribution in [-0.2, 0) is 11.2 Å². The molecule has 1 fully saturated rings. The lowest BCUT2D eigenvalue weighted by Gasteiger charge is -2.14. The first kappa shape index (κ1) is 11.3. The zero-order valence-corrected chi connectivity index (χ0v) is 10.6.